The Kier molecular flexibility index (Phi) is 3.28. The minimum atomic E-state index is 0.218. The lowest BCUT2D eigenvalue weighted by molar-refractivity contribution is 0.937. The van der Waals surface area contributed by atoms with Crippen molar-refractivity contribution in [3.05, 3.63) is 16.5 Å². The zero-order valence-corrected chi connectivity index (χ0v) is 10.6. The number of hydrogen-bond donors (Lipinski definition) is 1. The Balaban J connectivity index is 2.01. The molecular weight excluding hydrogens is 253 g/mol. The Labute approximate surface area is 103 Å². The van der Waals surface area contributed by atoms with Crippen LogP contribution in [0.25, 0.3) is 0 Å². The third-order valence-corrected chi connectivity index (χ3v) is 4.41. The van der Waals surface area contributed by atoms with Crippen LogP contribution in [0.2, 0.25) is 10.3 Å². The van der Waals surface area contributed by atoms with Gasteiger partial charge in [0.15, 0.2) is 0 Å². The Morgan fingerprint density at radius 2 is 2.27 bits per heavy atom. The molecule has 0 spiro atoms. The monoisotopic (exact) mass is 263 g/mol. The number of rotatable bonds is 4. The Morgan fingerprint density at radius 3 is 2.87 bits per heavy atom. The molecule has 1 saturated carbocycles. The van der Waals surface area contributed by atoms with Crippen LogP contribution in [0.5, 0.6) is 0 Å². The van der Waals surface area contributed by atoms with Crippen LogP contribution >= 0.6 is 35.0 Å². The van der Waals surface area contributed by atoms with Crippen LogP contribution in [0.3, 0.4) is 0 Å². The molecule has 1 N–H and O–H groups in total. The Morgan fingerprint density at radius 1 is 1.53 bits per heavy atom. The highest BCUT2D eigenvalue weighted by Gasteiger charge is 2.41. The first-order valence-corrected chi connectivity index (χ1v) is 6.60. The minimum absolute atomic E-state index is 0.218. The molecule has 0 unspecified atom stereocenters. The highest BCUT2D eigenvalue weighted by Crippen LogP contribution is 2.47. The van der Waals surface area contributed by atoms with E-state index in [-0.39, 0.29) is 5.28 Å². The molecule has 0 aromatic carbocycles. The average molecular weight is 264 g/mol. The Hall–Kier alpha value is -0.190. The highest BCUT2D eigenvalue weighted by atomic mass is 35.5. The zero-order valence-electron chi connectivity index (χ0n) is 8.26. The molecule has 0 bridgehead atoms. The summed E-state index contributed by atoms with van der Waals surface area (Å²) in [6, 6.07) is 0. The van der Waals surface area contributed by atoms with Crippen LogP contribution in [0.1, 0.15) is 12.8 Å². The molecule has 0 atom stereocenters. The second-order valence-electron chi connectivity index (χ2n) is 3.58. The number of nitrogens with zero attached hydrogens (tertiary/aromatic N) is 2. The summed E-state index contributed by atoms with van der Waals surface area (Å²) in [4.78, 5) is 7.84. The van der Waals surface area contributed by atoms with Crippen molar-refractivity contribution in [2.24, 2.45) is 0 Å². The fourth-order valence-electron chi connectivity index (χ4n) is 1.31. The highest BCUT2D eigenvalue weighted by molar-refractivity contribution is 8.00. The molecule has 1 aromatic rings. The summed E-state index contributed by atoms with van der Waals surface area (Å²) in [6.45, 7) is 0.876. The normalized spacial score (nSPS) is 17.5. The van der Waals surface area contributed by atoms with Crippen molar-refractivity contribution in [3.63, 3.8) is 0 Å². The third-order valence-electron chi connectivity index (χ3n) is 2.53. The van der Waals surface area contributed by atoms with Crippen molar-refractivity contribution in [2.75, 3.05) is 18.1 Å². The van der Waals surface area contributed by atoms with Crippen molar-refractivity contribution in [2.45, 2.75) is 17.6 Å². The standard InChI is InChI=1S/C9H11Cl2N3S/c1-15-9(2-3-9)5-13-7-6(10)4-12-8(11)14-7/h4H,2-3,5H2,1H3,(H,12,13,14). The van der Waals surface area contributed by atoms with Crippen molar-refractivity contribution in [3.8, 4) is 0 Å². The summed E-state index contributed by atoms with van der Waals surface area (Å²) >= 11 is 13.5. The molecule has 1 aromatic heterocycles. The van der Waals surface area contributed by atoms with E-state index in [0.29, 0.717) is 15.6 Å². The molecule has 0 amide bonds. The maximum Gasteiger partial charge on any atom is 0.224 e. The summed E-state index contributed by atoms with van der Waals surface area (Å²) in [7, 11) is 0. The zero-order chi connectivity index (χ0) is 10.9. The van der Waals surface area contributed by atoms with Gasteiger partial charge in [-0.2, -0.15) is 16.7 Å². The van der Waals surface area contributed by atoms with Crippen molar-refractivity contribution in [1.29, 1.82) is 0 Å². The van der Waals surface area contributed by atoms with Crippen LogP contribution in [-0.2, 0) is 0 Å². The van der Waals surface area contributed by atoms with Crippen LogP contribution in [0, 0.1) is 0 Å². The molecule has 0 saturated heterocycles. The molecule has 0 radical (unpaired) electrons. The van der Waals surface area contributed by atoms with Gasteiger partial charge in [0.25, 0.3) is 0 Å². The fraction of sp³-hybridized carbons (Fsp3) is 0.556. The second-order valence-corrected chi connectivity index (χ2v) is 5.60. The van der Waals surface area contributed by atoms with Gasteiger partial charge in [0.05, 0.1) is 6.20 Å². The van der Waals surface area contributed by atoms with Gasteiger partial charge in [0.2, 0.25) is 5.28 Å². The van der Waals surface area contributed by atoms with Gasteiger partial charge in [-0.1, -0.05) is 11.6 Å². The van der Waals surface area contributed by atoms with Gasteiger partial charge in [-0.25, -0.2) is 4.98 Å². The summed E-state index contributed by atoms with van der Waals surface area (Å²) in [5, 5.41) is 3.95. The van der Waals surface area contributed by atoms with Crippen molar-refractivity contribution >= 4 is 40.8 Å². The molecule has 1 heterocycles. The topological polar surface area (TPSA) is 37.8 Å². The molecule has 1 aliphatic rings. The van der Waals surface area contributed by atoms with Gasteiger partial charge >= 0.3 is 0 Å². The smallest absolute Gasteiger partial charge is 0.224 e. The maximum absolute atomic E-state index is 5.94. The molecular formula is C9H11Cl2N3S. The van der Waals surface area contributed by atoms with Gasteiger partial charge < -0.3 is 5.32 Å². The average Bonchev–Trinajstić information content (AvgIpc) is 3.00. The minimum Gasteiger partial charge on any atom is -0.367 e. The third kappa shape index (κ3) is 2.68. The van der Waals surface area contributed by atoms with Crippen LogP contribution in [0.4, 0.5) is 5.82 Å². The first-order valence-electron chi connectivity index (χ1n) is 4.62. The van der Waals surface area contributed by atoms with E-state index in [0.717, 1.165) is 6.54 Å². The van der Waals surface area contributed by atoms with E-state index in [9.17, 15) is 0 Å². The summed E-state index contributed by atoms with van der Waals surface area (Å²) in [5.74, 6) is 0.622. The lowest BCUT2D eigenvalue weighted by Gasteiger charge is -2.14. The van der Waals surface area contributed by atoms with Gasteiger partial charge in [0, 0.05) is 11.3 Å². The molecule has 6 heteroatoms. The van der Waals surface area contributed by atoms with Crippen molar-refractivity contribution < 1.29 is 0 Å². The van der Waals surface area contributed by atoms with E-state index < -0.39 is 0 Å². The number of anilines is 1. The maximum atomic E-state index is 5.94. The first kappa shape index (κ1) is 11.3. The van der Waals surface area contributed by atoms with Gasteiger partial charge in [-0.3, -0.25) is 0 Å². The predicted octanol–water partition coefficient (Wildman–Crippen LogP) is 3.09. The van der Waals surface area contributed by atoms with Crippen LogP contribution < -0.4 is 5.32 Å². The molecule has 1 aliphatic carbocycles. The largest absolute Gasteiger partial charge is 0.367 e. The molecule has 15 heavy (non-hydrogen) atoms. The molecule has 1 fully saturated rings. The lowest BCUT2D eigenvalue weighted by Crippen LogP contribution is -2.18. The number of thioether (sulfide) groups is 1. The molecule has 82 valence electrons. The van der Waals surface area contributed by atoms with Gasteiger partial charge in [0.1, 0.15) is 10.8 Å². The second kappa shape index (κ2) is 4.36. The van der Waals surface area contributed by atoms with E-state index in [1.54, 1.807) is 0 Å². The summed E-state index contributed by atoms with van der Waals surface area (Å²) in [5.41, 5.74) is 0. The molecule has 0 aliphatic heterocycles. The molecule has 3 nitrogen and oxygen atoms in total. The first-order chi connectivity index (χ1) is 7.15. The SMILES string of the molecule is CSC1(CNc2nc(Cl)ncc2Cl)CC1. The van der Waals surface area contributed by atoms with E-state index in [1.807, 2.05) is 11.8 Å². The Bertz CT molecular complexity index is 368. The predicted molar refractivity (Wildman–Crippen MR) is 66.0 cm³/mol. The quantitative estimate of drug-likeness (QED) is 0.848. The number of aromatic nitrogens is 2. The molecule has 2 rings (SSSR count). The van der Waals surface area contributed by atoms with Gasteiger partial charge in [-0.15, -0.1) is 0 Å². The van der Waals surface area contributed by atoms with E-state index in [1.165, 1.54) is 19.0 Å². The van der Waals surface area contributed by atoms with Crippen LogP contribution in [0.15, 0.2) is 6.20 Å². The summed E-state index contributed by atoms with van der Waals surface area (Å²) < 4.78 is 0.376. The fourth-order valence-corrected chi connectivity index (χ4v) is 2.32. The number of halogens is 2. The van der Waals surface area contributed by atoms with E-state index in [2.05, 4.69) is 21.5 Å². The summed E-state index contributed by atoms with van der Waals surface area (Å²) in [6.07, 6.45) is 6.14. The van der Waals surface area contributed by atoms with Gasteiger partial charge in [-0.05, 0) is 30.7 Å². The van der Waals surface area contributed by atoms with E-state index >= 15 is 0 Å². The van der Waals surface area contributed by atoms with Crippen LogP contribution in [-0.4, -0.2) is 27.5 Å². The van der Waals surface area contributed by atoms with Crippen molar-refractivity contribution in [1.82, 2.24) is 9.97 Å². The number of nitrogens with one attached hydrogen (secondary N) is 1. The number of hydrogen-bond acceptors (Lipinski definition) is 4. The lowest BCUT2D eigenvalue weighted by atomic mass is 10.4. The van der Waals surface area contributed by atoms with E-state index in [4.69, 9.17) is 23.2 Å².